The number of nitrogens with one attached hydrogen (secondary N) is 1. The van der Waals surface area contributed by atoms with E-state index in [4.69, 9.17) is 19.0 Å². The number of rotatable bonds is 10. The quantitative estimate of drug-likeness (QED) is 0.390. The van der Waals surface area contributed by atoms with Gasteiger partial charge in [0.05, 0.1) is 11.3 Å². The van der Waals surface area contributed by atoms with Crippen LogP contribution in [0.2, 0.25) is 0 Å². The zero-order valence-electron chi connectivity index (χ0n) is 14.8. The average molecular weight is 339 g/mol. The van der Waals surface area contributed by atoms with Gasteiger partial charge in [-0.2, -0.15) is 0 Å². The molecule has 3 unspecified atom stereocenters. The van der Waals surface area contributed by atoms with Crippen LogP contribution in [-0.4, -0.2) is 41.5 Å². The van der Waals surface area contributed by atoms with Gasteiger partial charge >= 0.3 is 8.80 Å². The van der Waals surface area contributed by atoms with Crippen molar-refractivity contribution in [3.63, 3.8) is 0 Å². The van der Waals surface area contributed by atoms with Gasteiger partial charge in [0.2, 0.25) is 0 Å². The number of hydrogen-bond acceptors (Lipinski definition) is 5. The van der Waals surface area contributed by atoms with Crippen molar-refractivity contribution in [3.05, 3.63) is 48.6 Å². The maximum Gasteiger partial charge on any atom is 0.522 e. The van der Waals surface area contributed by atoms with Crippen LogP contribution in [0.4, 0.5) is 0 Å². The summed E-state index contributed by atoms with van der Waals surface area (Å²) in [7, 11) is 1.78. The minimum atomic E-state index is -3.09. The molecule has 0 saturated carbocycles. The Balaban J connectivity index is 3.57. The molecule has 0 aliphatic heterocycles. The van der Waals surface area contributed by atoms with Gasteiger partial charge in [-0.3, -0.25) is 5.32 Å². The molecule has 3 N–H and O–H groups in total. The smallest absolute Gasteiger partial charge is 0.376 e. The fourth-order valence-electron chi connectivity index (χ4n) is 3.39. The summed E-state index contributed by atoms with van der Waals surface area (Å²) >= 11 is 0. The van der Waals surface area contributed by atoms with Gasteiger partial charge in [-0.15, -0.1) is 6.58 Å². The summed E-state index contributed by atoms with van der Waals surface area (Å²) in [6.45, 7) is 8.03. The average Bonchev–Trinajstić information content (AvgIpc) is 2.57. The molecule has 0 spiro atoms. The van der Waals surface area contributed by atoms with Crippen LogP contribution >= 0.6 is 0 Å². The van der Waals surface area contributed by atoms with E-state index in [1.165, 1.54) is 0 Å². The van der Waals surface area contributed by atoms with Crippen molar-refractivity contribution < 1.29 is 13.3 Å². The molecule has 6 heteroatoms. The molecule has 1 aromatic carbocycles. The van der Waals surface area contributed by atoms with E-state index >= 15 is 0 Å². The van der Waals surface area contributed by atoms with E-state index < -0.39 is 14.0 Å². The Morgan fingerprint density at radius 3 is 2.09 bits per heavy atom. The van der Waals surface area contributed by atoms with E-state index in [9.17, 15) is 0 Å². The lowest BCUT2D eigenvalue weighted by molar-refractivity contribution is 0.0711. The normalized spacial score (nSPS) is 17.3. The lowest BCUT2D eigenvalue weighted by Crippen LogP contribution is -2.74. The van der Waals surface area contributed by atoms with E-state index in [0.29, 0.717) is 6.42 Å². The molecule has 0 radical (unpaired) electrons. The molecule has 0 bridgehead atoms. The third kappa shape index (κ3) is 3.73. The van der Waals surface area contributed by atoms with Crippen molar-refractivity contribution in [1.29, 1.82) is 0 Å². The van der Waals surface area contributed by atoms with E-state index in [1.54, 1.807) is 21.3 Å². The summed E-state index contributed by atoms with van der Waals surface area (Å²) in [6.07, 6.45) is 2.36. The molecule has 0 aromatic heterocycles. The lowest BCUT2D eigenvalue weighted by atomic mass is 9.88. The second kappa shape index (κ2) is 8.72. The molecule has 130 valence electrons. The summed E-state index contributed by atoms with van der Waals surface area (Å²) in [4.78, 5) is 0. The van der Waals surface area contributed by atoms with Crippen LogP contribution in [0.15, 0.2) is 43.0 Å². The molecular formula is C17H30N2O3Si. The molecular weight excluding hydrogens is 308 g/mol. The standard InChI is InChI=1S/C17H30N2O3Si/c1-7-16(15-12-10-9-11-13-15)17(8-2,19-14(3)18)23(20-4,21-5)22-6/h7,9-14,16,19H,1,8,18H2,2-6H3. The highest BCUT2D eigenvalue weighted by Gasteiger charge is 2.62. The summed E-state index contributed by atoms with van der Waals surface area (Å²) in [6, 6.07) is 10.1. The van der Waals surface area contributed by atoms with E-state index in [-0.39, 0.29) is 12.1 Å². The second-order valence-corrected chi connectivity index (χ2v) is 8.78. The van der Waals surface area contributed by atoms with Gasteiger partial charge in [0.25, 0.3) is 0 Å². The van der Waals surface area contributed by atoms with Crippen molar-refractivity contribution in [2.24, 2.45) is 5.73 Å². The topological polar surface area (TPSA) is 65.7 Å². The summed E-state index contributed by atoms with van der Waals surface area (Å²) in [5.74, 6) is -0.0776. The SMILES string of the molecule is C=CC(c1ccccc1)C(CC)(NC(C)N)[Si](OC)(OC)OC. The fraction of sp³-hybridized carbons (Fsp3) is 0.529. The Morgan fingerprint density at radius 2 is 1.74 bits per heavy atom. The molecule has 23 heavy (non-hydrogen) atoms. The molecule has 1 rings (SSSR count). The Kier molecular flexibility index (Phi) is 7.59. The molecule has 5 nitrogen and oxygen atoms in total. The molecule has 0 amide bonds. The highest BCUT2D eigenvalue weighted by molar-refractivity contribution is 6.64. The molecule has 0 aliphatic rings. The third-order valence-corrected chi connectivity index (χ3v) is 7.83. The van der Waals surface area contributed by atoms with Crippen molar-refractivity contribution >= 4 is 8.80 Å². The molecule has 3 atom stereocenters. The monoisotopic (exact) mass is 338 g/mol. The predicted octanol–water partition coefficient (Wildman–Crippen LogP) is 2.42. The predicted molar refractivity (Wildman–Crippen MR) is 96.0 cm³/mol. The van der Waals surface area contributed by atoms with Gasteiger partial charge in [0.1, 0.15) is 0 Å². The number of benzene rings is 1. The van der Waals surface area contributed by atoms with E-state index in [0.717, 1.165) is 5.56 Å². The Labute approximate surface area is 141 Å². The Bertz CT molecular complexity index is 472. The lowest BCUT2D eigenvalue weighted by Gasteiger charge is -2.48. The van der Waals surface area contributed by atoms with Crippen LogP contribution in [0, 0.1) is 0 Å². The zero-order valence-corrected chi connectivity index (χ0v) is 15.8. The Hall–Kier alpha value is -1.02. The van der Waals surface area contributed by atoms with Crippen LogP contribution in [-0.2, 0) is 13.3 Å². The van der Waals surface area contributed by atoms with E-state index in [2.05, 4.69) is 31.0 Å². The van der Waals surface area contributed by atoms with Crippen molar-refractivity contribution in [3.8, 4) is 0 Å². The molecule has 0 heterocycles. The molecule has 0 saturated heterocycles. The number of nitrogens with two attached hydrogens (primary N) is 1. The maximum atomic E-state index is 6.10. The third-order valence-electron chi connectivity index (χ3n) is 4.32. The van der Waals surface area contributed by atoms with Gasteiger partial charge in [-0.05, 0) is 18.9 Å². The van der Waals surface area contributed by atoms with Gasteiger partial charge in [-0.1, -0.05) is 43.3 Å². The van der Waals surface area contributed by atoms with Crippen LogP contribution in [0.1, 0.15) is 31.7 Å². The molecule has 0 aliphatic carbocycles. The highest BCUT2D eigenvalue weighted by Crippen LogP contribution is 2.40. The summed E-state index contributed by atoms with van der Waals surface area (Å²) in [5.41, 5.74) is 7.21. The van der Waals surface area contributed by atoms with Crippen LogP contribution < -0.4 is 11.1 Å². The van der Waals surface area contributed by atoms with Crippen molar-refractivity contribution in [2.75, 3.05) is 21.3 Å². The Morgan fingerprint density at radius 1 is 1.22 bits per heavy atom. The first-order chi connectivity index (χ1) is 11.0. The molecule has 1 aromatic rings. The minimum absolute atomic E-state index is 0.0776. The fourth-order valence-corrected chi connectivity index (χ4v) is 6.49. The van der Waals surface area contributed by atoms with Gasteiger partial charge < -0.3 is 19.0 Å². The molecule has 0 fully saturated rings. The van der Waals surface area contributed by atoms with Gasteiger partial charge in [0.15, 0.2) is 0 Å². The zero-order chi connectivity index (χ0) is 17.5. The first kappa shape index (κ1) is 20.0. The summed E-state index contributed by atoms with van der Waals surface area (Å²) < 4.78 is 17.5. The van der Waals surface area contributed by atoms with Gasteiger partial charge in [-0.25, -0.2) is 0 Å². The number of hydrogen-bond donors (Lipinski definition) is 2. The largest absolute Gasteiger partial charge is 0.522 e. The van der Waals surface area contributed by atoms with Crippen LogP contribution in [0.5, 0.6) is 0 Å². The van der Waals surface area contributed by atoms with E-state index in [1.807, 2.05) is 31.2 Å². The highest BCUT2D eigenvalue weighted by atomic mass is 28.4. The van der Waals surface area contributed by atoms with Crippen molar-refractivity contribution in [1.82, 2.24) is 5.32 Å². The minimum Gasteiger partial charge on any atom is -0.376 e. The van der Waals surface area contributed by atoms with Crippen LogP contribution in [0.3, 0.4) is 0 Å². The first-order valence-electron chi connectivity index (χ1n) is 7.83. The van der Waals surface area contributed by atoms with Crippen LogP contribution in [0.25, 0.3) is 0 Å². The first-order valence-corrected chi connectivity index (χ1v) is 9.55. The summed E-state index contributed by atoms with van der Waals surface area (Å²) in [5, 5.41) is 2.86. The van der Waals surface area contributed by atoms with Crippen molar-refractivity contribution in [2.45, 2.75) is 37.5 Å². The van der Waals surface area contributed by atoms with Gasteiger partial charge in [0, 0.05) is 27.2 Å². The second-order valence-electron chi connectivity index (χ2n) is 5.55. The maximum absolute atomic E-state index is 6.10.